The Balaban J connectivity index is 1.86. The highest BCUT2D eigenvalue weighted by molar-refractivity contribution is 7.86. The Bertz CT molecular complexity index is 1500. The van der Waals surface area contributed by atoms with Gasteiger partial charge in [-0.3, -0.25) is 4.57 Å². The summed E-state index contributed by atoms with van der Waals surface area (Å²) in [6.45, 7) is 4.42. The van der Waals surface area contributed by atoms with Crippen LogP contribution in [0.5, 0.6) is 0 Å². The number of para-hydroxylation sites is 1. The van der Waals surface area contributed by atoms with Crippen molar-refractivity contribution >= 4 is 44.9 Å². The number of benzene rings is 3. The molecule has 3 nitrogen and oxygen atoms in total. The van der Waals surface area contributed by atoms with E-state index in [0.29, 0.717) is 5.92 Å². The van der Waals surface area contributed by atoms with Gasteiger partial charge < -0.3 is 4.57 Å². The Kier molecular flexibility index (Phi) is 3.63. The summed E-state index contributed by atoms with van der Waals surface area (Å²) in [5.41, 5.74) is 3.44. The molecule has 1 atom stereocenters. The van der Waals surface area contributed by atoms with Crippen LogP contribution in [0.2, 0.25) is 0 Å². The minimum atomic E-state index is -3.03. The second-order valence-electron chi connectivity index (χ2n) is 8.23. The molecule has 0 radical (unpaired) electrons. The fourth-order valence-corrected chi connectivity index (χ4v) is 7.71. The van der Waals surface area contributed by atoms with Crippen LogP contribution in [-0.4, -0.2) is 9.55 Å². The number of nitrogens with zero attached hydrogens (tertiary/aromatic N) is 2. The molecule has 0 saturated heterocycles. The monoisotopic (exact) mass is 408 g/mol. The molecule has 6 rings (SSSR count). The molecule has 146 valence electrons. The van der Waals surface area contributed by atoms with Gasteiger partial charge in [-0.2, -0.15) is 0 Å². The lowest BCUT2D eigenvalue weighted by molar-refractivity contribution is 0.592. The molecule has 3 heterocycles. The van der Waals surface area contributed by atoms with Gasteiger partial charge in [-0.15, -0.1) is 0 Å². The molecule has 30 heavy (non-hydrogen) atoms. The van der Waals surface area contributed by atoms with E-state index in [1.807, 2.05) is 54.6 Å². The Morgan fingerprint density at radius 1 is 0.833 bits per heavy atom. The van der Waals surface area contributed by atoms with Crippen molar-refractivity contribution in [2.75, 3.05) is 0 Å². The van der Waals surface area contributed by atoms with E-state index >= 15 is 0 Å². The maximum atomic E-state index is 14.9. The average Bonchev–Trinajstić information content (AvgIpc) is 3.12. The van der Waals surface area contributed by atoms with Gasteiger partial charge >= 0.3 is 0 Å². The largest absolute Gasteiger partial charge is 0.308 e. The summed E-state index contributed by atoms with van der Waals surface area (Å²) in [5, 5.41) is 4.86. The lowest BCUT2D eigenvalue weighted by atomic mass is 10.0. The zero-order valence-corrected chi connectivity index (χ0v) is 17.8. The molecule has 3 aromatic carbocycles. The Labute approximate surface area is 175 Å². The van der Waals surface area contributed by atoms with E-state index in [2.05, 4.69) is 42.7 Å². The molecule has 0 spiro atoms. The highest BCUT2D eigenvalue weighted by Crippen LogP contribution is 2.50. The van der Waals surface area contributed by atoms with Crippen LogP contribution in [0.1, 0.15) is 25.3 Å². The normalized spacial score (nSPS) is 17.6. The molecule has 0 unspecified atom stereocenters. The van der Waals surface area contributed by atoms with Gasteiger partial charge in [-0.25, -0.2) is 4.98 Å². The van der Waals surface area contributed by atoms with Crippen LogP contribution >= 0.6 is 7.14 Å². The molecule has 0 saturated carbocycles. The van der Waals surface area contributed by atoms with Crippen LogP contribution in [-0.2, 0) is 4.57 Å². The molecule has 0 N–H and O–H groups in total. The lowest BCUT2D eigenvalue weighted by Gasteiger charge is -2.28. The Morgan fingerprint density at radius 3 is 2.43 bits per heavy atom. The SMILES string of the molecule is CC(C)c1ccc2c3cccc4c3n(c2c1)-c1ncccc1[P@@]4(=O)c1ccccc1. The van der Waals surface area contributed by atoms with Gasteiger partial charge in [0, 0.05) is 27.6 Å². The predicted molar refractivity (Wildman–Crippen MR) is 126 cm³/mol. The smallest absolute Gasteiger partial charge is 0.176 e. The van der Waals surface area contributed by atoms with E-state index in [0.717, 1.165) is 38.2 Å². The van der Waals surface area contributed by atoms with Gasteiger partial charge in [0.05, 0.1) is 16.3 Å². The summed E-state index contributed by atoms with van der Waals surface area (Å²) in [6.07, 6.45) is 1.80. The van der Waals surface area contributed by atoms with E-state index in [-0.39, 0.29) is 0 Å². The van der Waals surface area contributed by atoms with E-state index in [9.17, 15) is 4.57 Å². The van der Waals surface area contributed by atoms with Gasteiger partial charge in [0.25, 0.3) is 0 Å². The number of aromatic nitrogens is 2. The molecule has 1 aliphatic heterocycles. The average molecular weight is 408 g/mol. The van der Waals surface area contributed by atoms with Crippen LogP contribution in [0.15, 0.2) is 85.1 Å². The van der Waals surface area contributed by atoms with Crippen molar-refractivity contribution in [3.8, 4) is 5.82 Å². The fraction of sp³-hybridized carbons (Fsp3) is 0.115. The van der Waals surface area contributed by atoms with Crippen molar-refractivity contribution in [3.63, 3.8) is 0 Å². The maximum absolute atomic E-state index is 14.9. The first kappa shape index (κ1) is 17.7. The summed E-state index contributed by atoms with van der Waals surface area (Å²) in [4.78, 5) is 4.75. The van der Waals surface area contributed by atoms with Crippen LogP contribution in [0.4, 0.5) is 0 Å². The maximum Gasteiger partial charge on any atom is 0.176 e. The molecule has 0 amide bonds. The van der Waals surface area contributed by atoms with Crippen molar-refractivity contribution in [1.82, 2.24) is 9.55 Å². The second kappa shape index (κ2) is 6.17. The summed E-state index contributed by atoms with van der Waals surface area (Å²) in [5.74, 6) is 1.21. The first-order valence-corrected chi connectivity index (χ1v) is 12.0. The first-order valence-electron chi connectivity index (χ1n) is 10.3. The molecular weight excluding hydrogens is 387 g/mol. The molecule has 1 aliphatic rings. The highest BCUT2D eigenvalue weighted by Gasteiger charge is 2.39. The predicted octanol–water partition coefficient (Wildman–Crippen LogP) is 5.25. The summed E-state index contributed by atoms with van der Waals surface area (Å²) in [6, 6.07) is 26.6. The highest BCUT2D eigenvalue weighted by atomic mass is 31.2. The second-order valence-corrected chi connectivity index (χ2v) is 10.9. The van der Waals surface area contributed by atoms with Gasteiger partial charge in [0.15, 0.2) is 7.14 Å². The standard InChI is InChI=1S/C26H21N2OP/c1-17(2)18-13-14-20-21-10-6-11-23-25(21)28(22(20)16-18)26-24(12-7-15-27-26)30(23,29)19-8-4-3-5-9-19/h3-17H,1-2H3/t30-/m1/s1. The molecule has 0 fully saturated rings. The summed E-state index contributed by atoms with van der Waals surface area (Å²) >= 11 is 0. The third-order valence-electron chi connectivity index (χ3n) is 6.23. The third-order valence-corrected chi connectivity index (χ3v) is 9.33. The number of fused-ring (bicyclic) bond motifs is 5. The van der Waals surface area contributed by atoms with Gasteiger partial charge in [-0.05, 0) is 35.7 Å². The van der Waals surface area contributed by atoms with Crippen molar-refractivity contribution in [1.29, 1.82) is 0 Å². The third kappa shape index (κ3) is 2.16. The number of rotatable bonds is 2. The van der Waals surface area contributed by atoms with Crippen molar-refractivity contribution in [2.24, 2.45) is 0 Å². The van der Waals surface area contributed by atoms with Crippen molar-refractivity contribution in [2.45, 2.75) is 19.8 Å². The minimum Gasteiger partial charge on any atom is -0.308 e. The van der Waals surface area contributed by atoms with Crippen molar-refractivity contribution < 1.29 is 4.57 Å². The topological polar surface area (TPSA) is 34.9 Å². The van der Waals surface area contributed by atoms with Crippen LogP contribution in [0.25, 0.3) is 27.6 Å². The number of pyridine rings is 1. The van der Waals surface area contributed by atoms with E-state index in [4.69, 9.17) is 4.98 Å². The zero-order valence-electron chi connectivity index (χ0n) is 16.9. The van der Waals surface area contributed by atoms with E-state index in [1.165, 1.54) is 10.9 Å². The summed E-state index contributed by atoms with van der Waals surface area (Å²) < 4.78 is 17.1. The van der Waals surface area contributed by atoms with Crippen LogP contribution < -0.4 is 15.9 Å². The lowest BCUT2D eigenvalue weighted by Crippen LogP contribution is -2.33. The molecule has 0 aliphatic carbocycles. The minimum absolute atomic E-state index is 0.432. The van der Waals surface area contributed by atoms with Gasteiger partial charge in [0.2, 0.25) is 0 Å². The molecule has 0 bridgehead atoms. The van der Waals surface area contributed by atoms with Gasteiger partial charge in [-0.1, -0.05) is 68.4 Å². The molecule has 2 aromatic heterocycles. The molecular formula is C26H21N2OP. The zero-order chi connectivity index (χ0) is 20.5. The van der Waals surface area contributed by atoms with Crippen LogP contribution in [0, 0.1) is 0 Å². The Morgan fingerprint density at radius 2 is 1.63 bits per heavy atom. The van der Waals surface area contributed by atoms with E-state index < -0.39 is 7.14 Å². The van der Waals surface area contributed by atoms with Crippen LogP contribution in [0.3, 0.4) is 0 Å². The number of hydrogen-bond donors (Lipinski definition) is 0. The molecule has 5 aromatic rings. The Hall–Kier alpha value is -3.16. The van der Waals surface area contributed by atoms with Crippen molar-refractivity contribution in [3.05, 3.63) is 90.6 Å². The van der Waals surface area contributed by atoms with E-state index in [1.54, 1.807) is 6.20 Å². The summed E-state index contributed by atoms with van der Waals surface area (Å²) in [7, 11) is -3.03. The molecule has 4 heteroatoms. The quantitative estimate of drug-likeness (QED) is 0.367. The van der Waals surface area contributed by atoms with Gasteiger partial charge in [0.1, 0.15) is 5.82 Å². The number of hydrogen-bond acceptors (Lipinski definition) is 2. The fourth-order valence-electron chi connectivity index (χ4n) is 4.75. The first-order chi connectivity index (χ1) is 14.6.